The number of piperazine rings is 1. The number of aromatic nitrogens is 5. The van der Waals surface area contributed by atoms with E-state index in [2.05, 4.69) is 62.4 Å². The van der Waals surface area contributed by atoms with Crippen LogP contribution in [0, 0.1) is 13.8 Å². The summed E-state index contributed by atoms with van der Waals surface area (Å²) in [5.74, 6) is 0.807. The molecule has 1 aromatic carbocycles. The van der Waals surface area contributed by atoms with Crippen LogP contribution in [0.3, 0.4) is 0 Å². The van der Waals surface area contributed by atoms with Gasteiger partial charge < -0.3 is 9.88 Å². The Morgan fingerprint density at radius 2 is 1.79 bits per heavy atom. The number of hydrogen-bond acceptors (Lipinski definition) is 6. The number of likely N-dealkylation sites (N-methyl/N-ethyl adjacent to an activating group) is 1. The predicted octanol–water partition coefficient (Wildman–Crippen LogP) is 3.36. The largest absolute Gasteiger partial charge is 0.321 e. The van der Waals surface area contributed by atoms with Crippen LogP contribution in [-0.4, -0.2) is 67.7 Å². The first-order chi connectivity index (χ1) is 16.1. The molecule has 0 spiro atoms. The summed E-state index contributed by atoms with van der Waals surface area (Å²) in [5, 5.41) is 14.2. The molecule has 1 saturated heterocycles. The number of aromatic amines is 1. The number of pyridine rings is 1. The second-order valence-corrected chi connectivity index (χ2v) is 9.69. The molecular weight excluding hydrogens is 414 g/mol. The average Bonchev–Trinajstić information content (AvgIpc) is 3.33. The number of rotatable bonds is 5. The first-order valence-corrected chi connectivity index (χ1v) is 12.4. The Bertz CT molecular complexity index is 1170. The SMILES string of the molecule is CCN1CCN([C@@H](c2cc3c(C)ccc(C)c3[nH]c2=O)c2nnnn2C2CCCCC2)CC1. The van der Waals surface area contributed by atoms with Gasteiger partial charge in [-0.3, -0.25) is 9.69 Å². The van der Waals surface area contributed by atoms with Crippen molar-refractivity contribution < 1.29 is 0 Å². The maximum Gasteiger partial charge on any atom is 0.253 e. The first-order valence-electron chi connectivity index (χ1n) is 12.4. The summed E-state index contributed by atoms with van der Waals surface area (Å²) < 4.78 is 2.03. The third-order valence-electron chi connectivity index (χ3n) is 7.67. The van der Waals surface area contributed by atoms with Gasteiger partial charge in [-0.2, -0.15) is 0 Å². The van der Waals surface area contributed by atoms with Crippen molar-refractivity contribution in [3.05, 3.63) is 51.1 Å². The van der Waals surface area contributed by atoms with Gasteiger partial charge in [-0.1, -0.05) is 38.3 Å². The normalized spacial score (nSPS) is 19.8. The van der Waals surface area contributed by atoms with E-state index >= 15 is 0 Å². The zero-order valence-electron chi connectivity index (χ0n) is 20.0. The number of H-pyrrole nitrogens is 1. The molecular formula is C25H35N7O. The topological polar surface area (TPSA) is 82.9 Å². The molecule has 2 aliphatic rings. The van der Waals surface area contributed by atoms with Crippen LogP contribution in [0.4, 0.5) is 0 Å². The van der Waals surface area contributed by atoms with Crippen molar-refractivity contribution in [2.24, 2.45) is 0 Å². The van der Waals surface area contributed by atoms with E-state index in [-0.39, 0.29) is 11.6 Å². The van der Waals surface area contributed by atoms with Crippen molar-refractivity contribution in [1.29, 1.82) is 0 Å². The average molecular weight is 450 g/mol. The van der Waals surface area contributed by atoms with Crippen LogP contribution in [0.1, 0.15) is 73.6 Å². The van der Waals surface area contributed by atoms with Crippen molar-refractivity contribution in [3.63, 3.8) is 0 Å². The Balaban J connectivity index is 1.63. The molecule has 5 rings (SSSR count). The van der Waals surface area contributed by atoms with Crippen LogP contribution in [0.2, 0.25) is 0 Å². The zero-order valence-corrected chi connectivity index (χ0v) is 20.0. The molecule has 8 heteroatoms. The maximum absolute atomic E-state index is 13.5. The van der Waals surface area contributed by atoms with E-state index < -0.39 is 0 Å². The molecule has 0 radical (unpaired) electrons. The highest BCUT2D eigenvalue weighted by molar-refractivity contribution is 5.85. The summed E-state index contributed by atoms with van der Waals surface area (Å²) in [6.07, 6.45) is 5.89. The zero-order chi connectivity index (χ0) is 22.9. The highest BCUT2D eigenvalue weighted by Gasteiger charge is 2.34. The summed E-state index contributed by atoms with van der Waals surface area (Å²) in [6.45, 7) is 11.2. The molecule has 0 amide bonds. The Morgan fingerprint density at radius 3 is 2.52 bits per heavy atom. The minimum Gasteiger partial charge on any atom is -0.321 e. The van der Waals surface area contributed by atoms with Crippen molar-refractivity contribution in [3.8, 4) is 0 Å². The second kappa shape index (κ2) is 9.35. The number of aryl methyl sites for hydroxylation is 2. The lowest BCUT2D eigenvalue weighted by Gasteiger charge is -2.38. The van der Waals surface area contributed by atoms with Gasteiger partial charge in [-0.05, 0) is 60.9 Å². The fraction of sp³-hybridized carbons (Fsp3) is 0.600. The van der Waals surface area contributed by atoms with E-state index in [4.69, 9.17) is 0 Å². The number of hydrogen-bond donors (Lipinski definition) is 1. The lowest BCUT2D eigenvalue weighted by Crippen LogP contribution is -2.49. The van der Waals surface area contributed by atoms with Crippen LogP contribution in [-0.2, 0) is 0 Å². The number of fused-ring (bicyclic) bond motifs is 1. The van der Waals surface area contributed by atoms with Gasteiger partial charge >= 0.3 is 0 Å². The quantitative estimate of drug-likeness (QED) is 0.643. The number of nitrogens with one attached hydrogen (secondary N) is 1. The number of nitrogens with zero attached hydrogens (tertiary/aromatic N) is 6. The van der Waals surface area contributed by atoms with Crippen LogP contribution in [0.25, 0.3) is 10.9 Å². The van der Waals surface area contributed by atoms with Gasteiger partial charge in [0.15, 0.2) is 5.82 Å². The standard InChI is InChI=1S/C25H35N7O/c1-4-30-12-14-31(15-13-30)23(24-27-28-29-32(24)19-8-6-5-7-9-19)21-16-20-17(2)10-11-18(3)22(20)26-25(21)33/h10-11,16,19,23H,4-9,12-15H2,1-3H3,(H,26,33)/t23-/m0/s1. The summed E-state index contributed by atoms with van der Waals surface area (Å²) in [5.41, 5.74) is 3.87. The van der Waals surface area contributed by atoms with Crippen molar-refractivity contribution in [1.82, 2.24) is 35.0 Å². The molecule has 2 aromatic heterocycles. The lowest BCUT2D eigenvalue weighted by atomic mass is 9.94. The van der Waals surface area contributed by atoms with E-state index in [1.54, 1.807) is 0 Å². The predicted molar refractivity (Wildman–Crippen MR) is 130 cm³/mol. The van der Waals surface area contributed by atoms with E-state index in [0.717, 1.165) is 79.0 Å². The summed E-state index contributed by atoms with van der Waals surface area (Å²) in [6, 6.07) is 6.34. The van der Waals surface area contributed by atoms with Crippen LogP contribution in [0.5, 0.6) is 0 Å². The van der Waals surface area contributed by atoms with Crippen molar-refractivity contribution in [2.45, 2.75) is 65.0 Å². The Morgan fingerprint density at radius 1 is 1.06 bits per heavy atom. The van der Waals surface area contributed by atoms with E-state index in [0.29, 0.717) is 6.04 Å². The van der Waals surface area contributed by atoms with Gasteiger partial charge in [-0.15, -0.1) is 5.10 Å². The Labute approximate surface area is 195 Å². The fourth-order valence-corrected chi connectivity index (χ4v) is 5.60. The highest BCUT2D eigenvalue weighted by atomic mass is 16.1. The van der Waals surface area contributed by atoms with E-state index in [1.807, 2.05) is 11.6 Å². The molecule has 1 aliphatic heterocycles. The van der Waals surface area contributed by atoms with Crippen molar-refractivity contribution >= 4 is 10.9 Å². The minimum atomic E-state index is -0.256. The van der Waals surface area contributed by atoms with Gasteiger partial charge in [0.25, 0.3) is 5.56 Å². The number of tetrazole rings is 1. The number of benzene rings is 1. The molecule has 176 valence electrons. The summed E-state index contributed by atoms with van der Waals surface area (Å²) in [7, 11) is 0. The highest BCUT2D eigenvalue weighted by Crippen LogP contribution is 2.33. The monoisotopic (exact) mass is 449 g/mol. The Hall–Kier alpha value is -2.58. The third-order valence-corrected chi connectivity index (χ3v) is 7.67. The van der Waals surface area contributed by atoms with E-state index in [9.17, 15) is 4.79 Å². The van der Waals surface area contributed by atoms with Gasteiger partial charge in [0.1, 0.15) is 6.04 Å². The van der Waals surface area contributed by atoms with Crippen molar-refractivity contribution in [2.75, 3.05) is 32.7 Å². The molecule has 3 aromatic rings. The van der Waals surface area contributed by atoms with Crippen LogP contribution < -0.4 is 5.56 Å². The van der Waals surface area contributed by atoms with Gasteiger partial charge in [0.05, 0.1) is 11.6 Å². The Kier molecular flexibility index (Phi) is 6.29. The third kappa shape index (κ3) is 4.22. The minimum absolute atomic E-state index is 0.0442. The molecule has 1 aliphatic carbocycles. The van der Waals surface area contributed by atoms with Gasteiger partial charge in [0.2, 0.25) is 0 Å². The fourth-order valence-electron chi connectivity index (χ4n) is 5.60. The van der Waals surface area contributed by atoms with Crippen LogP contribution in [0.15, 0.2) is 23.0 Å². The smallest absolute Gasteiger partial charge is 0.253 e. The molecule has 3 heterocycles. The summed E-state index contributed by atoms with van der Waals surface area (Å²) in [4.78, 5) is 21.6. The van der Waals surface area contributed by atoms with E-state index in [1.165, 1.54) is 19.3 Å². The molecule has 1 N–H and O–H groups in total. The van der Waals surface area contributed by atoms with Gasteiger partial charge in [0, 0.05) is 37.1 Å². The molecule has 8 nitrogen and oxygen atoms in total. The maximum atomic E-state index is 13.5. The molecule has 33 heavy (non-hydrogen) atoms. The molecule has 2 fully saturated rings. The lowest BCUT2D eigenvalue weighted by molar-refractivity contribution is 0.106. The molecule has 0 unspecified atom stereocenters. The molecule has 1 saturated carbocycles. The first kappa shape index (κ1) is 22.2. The summed E-state index contributed by atoms with van der Waals surface area (Å²) >= 11 is 0. The second-order valence-electron chi connectivity index (χ2n) is 9.69. The molecule has 0 bridgehead atoms. The molecule has 1 atom stereocenters. The van der Waals surface area contributed by atoms with Crippen LogP contribution >= 0.6 is 0 Å². The van der Waals surface area contributed by atoms with Gasteiger partial charge in [-0.25, -0.2) is 4.68 Å².